The maximum atomic E-state index is 4.88. The van der Waals surface area contributed by atoms with Crippen LogP contribution in [0.5, 0.6) is 0 Å². The third-order valence-corrected chi connectivity index (χ3v) is 2.14. The second-order valence-corrected chi connectivity index (χ2v) is 3.08. The lowest BCUT2D eigenvalue weighted by atomic mass is 10.1. The Morgan fingerprint density at radius 2 is 1.86 bits per heavy atom. The molecule has 0 heterocycles. The predicted molar refractivity (Wildman–Crippen MR) is 58.3 cm³/mol. The van der Waals surface area contributed by atoms with Crippen molar-refractivity contribution < 1.29 is 4.84 Å². The van der Waals surface area contributed by atoms with Crippen molar-refractivity contribution in [3.63, 3.8) is 0 Å². The van der Waals surface area contributed by atoms with Gasteiger partial charge in [0.1, 0.15) is 6.61 Å². The molecule has 0 aliphatic carbocycles. The summed E-state index contributed by atoms with van der Waals surface area (Å²) in [6.07, 6.45) is 0. The van der Waals surface area contributed by atoms with Crippen LogP contribution in [0, 0.1) is 0 Å². The SMILES string of the molecule is C=NOCc1ccc2ccccc2c1. The van der Waals surface area contributed by atoms with Crippen LogP contribution in [0.3, 0.4) is 0 Å². The van der Waals surface area contributed by atoms with Crippen molar-refractivity contribution in [3.8, 4) is 0 Å². The molecule has 0 amide bonds. The molecule has 0 fully saturated rings. The highest BCUT2D eigenvalue weighted by Crippen LogP contribution is 2.15. The Labute approximate surface area is 82.8 Å². The van der Waals surface area contributed by atoms with E-state index >= 15 is 0 Å². The van der Waals surface area contributed by atoms with Gasteiger partial charge in [0.15, 0.2) is 0 Å². The van der Waals surface area contributed by atoms with Crippen molar-refractivity contribution in [1.82, 2.24) is 0 Å². The van der Waals surface area contributed by atoms with Gasteiger partial charge in [0.2, 0.25) is 0 Å². The standard InChI is InChI=1S/C12H11NO/c1-13-14-9-10-6-7-11-4-2-3-5-12(11)8-10/h2-8H,1,9H2. The summed E-state index contributed by atoms with van der Waals surface area (Å²) in [5, 5.41) is 5.82. The largest absolute Gasteiger partial charge is 0.391 e. The van der Waals surface area contributed by atoms with E-state index in [1.54, 1.807) is 0 Å². The van der Waals surface area contributed by atoms with Crippen molar-refractivity contribution in [1.29, 1.82) is 0 Å². The zero-order valence-corrected chi connectivity index (χ0v) is 7.81. The third-order valence-electron chi connectivity index (χ3n) is 2.14. The molecule has 14 heavy (non-hydrogen) atoms. The Morgan fingerprint density at radius 1 is 1.07 bits per heavy atom. The fourth-order valence-electron chi connectivity index (χ4n) is 1.45. The maximum absolute atomic E-state index is 4.88. The van der Waals surface area contributed by atoms with Crippen LogP contribution in [-0.2, 0) is 11.4 Å². The number of nitrogens with zero attached hydrogens (tertiary/aromatic N) is 1. The van der Waals surface area contributed by atoms with Crippen LogP contribution in [0.15, 0.2) is 47.6 Å². The van der Waals surface area contributed by atoms with E-state index in [4.69, 9.17) is 4.84 Å². The first-order valence-electron chi connectivity index (χ1n) is 4.46. The smallest absolute Gasteiger partial charge is 0.142 e. The molecule has 0 saturated carbocycles. The predicted octanol–water partition coefficient (Wildman–Crippen LogP) is 2.97. The highest BCUT2D eigenvalue weighted by molar-refractivity contribution is 5.82. The summed E-state index contributed by atoms with van der Waals surface area (Å²) in [7, 11) is 0. The molecular formula is C12H11NO. The lowest BCUT2D eigenvalue weighted by Gasteiger charge is -2.01. The van der Waals surface area contributed by atoms with Crippen LogP contribution in [0.4, 0.5) is 0 Å². The lowest BCUT2D eigenvalue weighted by Crippen LogP contribution is -1.85. The van der Waals surface area contributed by atoms with Gasteiger partial charge in [0.05, 0.1) is 0 Å². The number of benzene rings is 2. The van der Waals surface area contributed by atoms with Gasteiger partial charge in [-0.2, -0.15) is 0 Å². The van der Waals surface area contributed by atoms with Crippen molar-refractivity contribution >= 4 is 17.5 Å². The van der Waals surface area contributed by atoms with Crippen LogP contribution in [-0.4, -0.2) is 6.72 Å². The van der Waals surface area contributed by atoms with E-state index in [1.165, 1.54) is 10.8 Å². The fraction of sp³-hybridized carbons (Fsp3) is 0.0833. The molecule has 2 rings (SSSR count). The first kappa shape index (κ1) is 8.75. The summed E-state index contributed by atoms with van der Waals surface area (Å²) in [5.41, 5.74) is 1.11. The van der Waals surface area contributed by atoms with Crippen LogP contribution < -0.4 is 0 Å². The van der Waals surface area contributed by atoms with E-state index in [1.807, 2.05) is 18.2 Å². The van der Waals surface area contributed by atoms with E-state index in [-0.39, 0.29) is 0 Å². The molecule has 0 N–H and O–H groups in total. The maximum Gasteiger partial charge on any atom is 0.142 e. The molecular weight excluding hydrogens is 174 g/mol. The van der Waals surface area contributed by atoms with Crippen LogP contribution >= 0.6 is 0 Å². The second kappa shape index (κ2) is 3.92. The quantitative estimate of drug-likeness (QED) is 0.532. The fourth-order valence-corrected chi connectivity index (χ4v) is 1.45. The molecule has 0 bridgehead atoms. The van der Waals surface area contributed by atoms with Crippen molar-refractivity contribution in [2.45, 2.75) is 6.61 Å². The van der Waals surface area contributed by atoms with Gasteiger partial charge in [0, 0.05) is 6.72 Å². The summed E-state index contributed by atoms with van der Waals surface area (Å²) >= 11 is 0. The molecule has 0 aromatic heterocycles. The average molecular weight is 185 g/mol. The molecule has 70 valence electrons. The van der Waals surface area contributed by atoms with Crippen molar-refractivity contribution in [2.24, 2.45) is 5.16 Å². The minimum atomic E-state index is 0.480. The van der Waals surface area contributed by atoms with Gasteiger partial charge in [-0.3, -0.25) is 0 Å². The van der Waals surface area contributed by atoms with E-state index in [9.17, 15) is 0 Å². The molecule has 0 radical (unpaired) electrons. The Bertz CT molecular complexity index is 451. The molecule has 0 aliphatic heterocycles. The van der Waals surface area contributed by atoms with Gasteiger partial charge in [-0.25, -0.2) is 0 Å². The van der Waals surface area contributed by atoms with Gasteiger partial charge in [0.25, 0.3) is 0 Å². The zero-order valence-electron chi connectivity index (χ0n) is 7.81. The molecule has 2 heteroatoms. The van der Waals surface area contributed by atoms with Crippen LogP contribution in [0.1, 0.15) is 5.56 Å². The Kier molecular flexibility index (Phi) is 2.45. The Morgan fingerprint density at radius 3 is 2.64 bits per heavy atom. The molecule has 0 unspecified atom stereocenters. The first-order chi connectivity index (χ1) is 6.90. The minimum absolute atomic E-state index is 0.480. The monoisotopic (exact) mass is 185 g/mol. The lowest BCUT2D eigenvalue weighted by molar-refractivity contribution is 0.133. The average Bonchev–Trinajstić information content (AvgIpc) is 2.26. The van der Waals surface area contributed by atoms with E-state index in [0.29, 0.717) is 6.61 Å². The van der Waals surface area contributed by atoms with E-state index in [2.05, 4.69) is 36.1 Å². The molecule has 2 nitrogen and oxygen atoms in total. The molecule has 2 aromatic rings. The van der Waals surface area contributed by atoms with Gasteiger partial charge in [-0.1, -0.05) is 36.4 Å². The number of fused-ring (bicyclic) bond motifs is 1. The van der Waals surface area contributed by atoms with Crippen LogP contribution in [0.25, 0.3) is 10.8 Å². The van der Waals surface area contributed by atoms with Gasteiger partial charge in [-0.15, -0.1) is 5.16 Å². The Balaban J connectivity index is 2.36. The van der Waals surface area contributed by atoms with Gasteiger partial charge >= 0.3 is 0 Å². The third kappa shape index (κ3) is 1.74. The number of hydrogen-bond donors (Lipinski definition) is 0. The summed E-state index contributed by atoms with van der Waals surface area (Å²) in [6.45, 7) is 3.75. The molecule has 0 atom stereocenters. The summed E-state index contributed by atoms with van der Waals surface area (Å²) in [5.74, 6) is 0. The number of rotatable bonds is 3. The highest BCUT2D eigenvalue weighted by Gasteiger charge is 1.95. The molecule has 0 aliphatic rings. The summed E-state index contributed by atoms with van der Waals surface area (Å²) < 4.78 is 0. The van der Waals surface area contributed by atoms with Crippen molar-refractivity contribution in [3.05, 3.63) is 48.0 Å². The zero-order chi connectivity index (χ0) is 9.80. The summed E-state index contributed by atoms with van der Waals surface area (Å²) in [4.78, 5) is 4.88. The van der Waals surface area contributed by atoms with E-state index in [0.717, 1.165) is 5.56 Å². The summed E-state index contributed by atoms with van der Waals surface area (Å²) in [6, 6.07) is 14.4. The van der Waals surface area contributed by atoms with Gasteiger partial charge < -0.3 is 4.84 Å². The first-order valence-corrected chi connectivity index (χ1v) is 4.46. The molecule has 2 aromatic carbocycles. The highest BCUT2D eigenvalue weighted by atomic mass is 16.6. The Hall–Kier alpha value is -1.83. The second-order valence-electron chi connectivity index (χ2n) is 3.08. The van der Waals surface area contributed by atoms with E-state index < -0.39 is 0 Å². The normalized spacial score (nSPS) is 10.0. The van der Waals surface area contributed by atoms with Gasteiger partial charge in [-0.05, 0) is 22.4 Å². The van der Waals surface area contributed by atoms with Crippen LogP contribution in [0.2, 0.25) is 0 Å². The number of oxime groups is 1. The molecule has 0 spiro atoms. The van der Waals surface area contributed by atoms with Crippen molar-refractivity contribution in [2.75, 3.05) is 0 Å². The topological polar surface area (TPSA) is 21.6 Å². The molecule has 0 saturated heterocycles. The number of hydrogen-bond acceptors (Lipinski definition) is 2. The minimum Gasteiger partial charge on any atom is -0.391 e.